The summed E-state index contributed by atoms with van der Waals surface area (Å²) in [7, 11) is 1.69. The Morgan fingerprint density at radius 2 is 2.43 bits per heavy atom. The van der Waals surface area contributed by atoms with Gasteiger partial charge >= 0.3 is 0 Å². The summed E-state index contributed by atoms with van der Waals surface area (Å²) < 4.78 is 1.66. The van der Waals surface area contributed by atoms with Crippen LogP contribution in [0.3, 0.4) is 0 Å². The highest BCUT2D eigenvalue weighted by molar-refractivity contribution is 7.09. The fraction of sp³-hybridized carbons (Fsp3) is 0.500. The molecule has 0 spiro atoms. The van der Waals surface area contributed by atoms with E-state index in [-0.39, 0.29) is 5.91 Å². The Balaban J connectivity index is 1.60. The summed E-state index contributed by atoms with van der Waals surface area (Å²) in [6.07, 6.45) is 3.34. The predicted octanol–water partition coefficient (Wildman–Crippen LogP) is 1.23. The molecular weight excluding hydrogens is 288 g/mol. The third kappa shape index (κ3) is 3.48. The van der Waals surface area contributed by atoms with Gasteiger partial charge in [0, 0.05) is 18.5 Å². The number of nitrogens with zero attached hydrogens (tertiary/aromatic N) is 4. The van der Waals surface area contributed by atoms with E-state index in [1.54, 1.807) is 29.3 Å². The number of carbonyl (C=O) groups excluding carboxylic acids is 1. The molecular formula is C14H18N4O2S. The first-order valence-electron chi connectivity index (χ1n) is 6.99. The van der Waals surface area contributed by atoms with Crippen molar-refractivity contribution in [2.75, 3.05) is 13.6 Å². The van der Waals surface area contributed by atoms with Gasteiger partial charge in [0.05, 0.1) is 18.8 Å². The van der Waals surface area contributed by atoms with Crippen molar-refractivity contribution in [1.29, 1.82) is 0 Å². The Labute approximate surface area is 127 Å². The van der Waals surface area contributed by atoms with Crippen molar-refractivity contribution in [3.63, 3.8) is 0 Å². The molecule has 0 saturated heterocycles. The summed E-state index contributed by atoms with van der Waals surface area (Å²) >= 11 is 1.64. The smallest absolute Gasteiger partial charge is 0.275 e. The number of hydrogen-bond donors (Lipinski definition) is 1. The third-order valence-electron chi connectivity index (χ3n) is 3.63. The minimum atomic E-state index is -0.430. The number of amides is 1. The highest BCUT2D eigenvalue weighted by Gasteiger charge is 2.31. The number of likely N-dealkylation sites (N-methyl/N-ethyl adjacent to an activating group) is 1. The van der Waals surface area contributed by atoms with Gasteiger partial charge in [-0.3, -0.25) is 4.79 Å². The van der Waals surface area contributed by atoms with Crippen LogP contribution in [-0.4, -0.2) is 50.6 Å². The van der Waals surface area contributed by atoms with Crippen LogP contribution in [0.5, 0.6) is 0 Å². The van der Waals surface area contributed by atoms with Crippen LogP contribution in [0.1, 0.15) is 28.2 Å². The van der Waals surface area contributed by atoms with Gasteiger partial charge in [-0.05, 0) is 30.2 Å². The molecule has 1 atom stereocenters. The van der Waals surface area contributed by atoms with E-state index in [1.165, 1.54) is 4.90 Å². The SMILES string of the molecule is CN(CC(O)C1CC1)C(=O)c1cn(Cc2cccs2)nn1. The molecule has 0 bridgehead atoms. The molecule has 1 saturated carbocycles. The van der Waals surface area contributed by atoms with E-state index in [0.717, 1.165) is 17.7 Å². The molecule has 1 aliphatic rings. The number of rotatable bonds is 6. The van der Waals surface area contributed by atoms with E-state index in [2.05, 4.69) is 10.3 Å². The normalized spacial score (nSPS) is 15.9. The summed E-state index contributed by atoms with van der Waals surface area (Å²) in [5.74, 6) is 0.155. The Morgan fingerprint density at radius 3 is 3.10 bits per heavy atom. The summed E-state index contributed by atoms with van der Waals surface area (Å²) in [6.45, 7) is 0.966. The second-order valence-electron chi connectivity index (χ2n) is 5.47. The van der Waals surface area contributed by atoms with E-state index in [4.69, 9.17) is 0 Å². The van der Waals surface area contributed by atoms with E-state index < -0.39 is 6.10 Å². The fourth-order valence-electron chi connectivity index (χ4n) is 2.23. The molecule has 3 rings (SSSR count). The largest absolute Gasteiger partial charge is 0.391 e. The van der Waals surface area contributed by atoms with Gasteiger partial charge in [0.2, 0.25) is 0 Å². The average molecular weight is 306 g/mol. The molecule has 1 amide bonds. The summed E-state index contributed by atoms with van der Waals surface area (Å²) in [5, 5.41) is 19.8. The van der Waals surface area contributed by atoms with Gasteiger partial charge in [-0.25, -0.2) is 4.68 Å². The molecule has 0 aromatic carbocycles. The van der Waals surface area contributed by atoms with Crippen LogP contribution in [0.15, 0.2) is 23.7 Å². The van der Waals surface area contributed by atoms with Gasteiger partial charge in [0.25, 0.3) is 5.91 Å². The number of hydrogen-bond acceptors (Lipinski definition) is 5. The van der Waals surface area contributed by atoms with Crippen molar-refractivity contribution >= 4 is 17.2 Å². The molecule has 7 heteroatoms. The van der Waals surface area contributed by atoms with Gasteiger partial charge < -0.3 is 10.0 Å². The molecule has 2 aromatic rings. The van der Waals surface area contributed by atoms with Gasteiger partial charge in [-0.1, -0.05) is 11.3 Å². The second-order valence-corrected chi connectivity index (χ2v) is 6.50. The number of aromatic nitrogens is 3. The monoisotopic (exact) mass is 306 g/mol. The van der Waals surface area contributed by atoms with Crippen LogP contribution >= 0.6 is 11.3 Å². The van der Waals surface area contributed by atoms with Crippen molar-refractivity contribution in [3.8, 4) is 0 Å². The molecule has 2 aromatic heterocycles. The van der Waals surface area contributed by atoms with Crippen LogP contribution in [0, 0.1) is 5.92 Å². The lowest BCUT2D eigenvalue weighted by Crippen LogP contribution is -2.35. The minimum absolute atomic E-state index is 0.202. The minimum Gasteiger partial charge on any atom is -0.391 e. The molecule has 0 radical (unpaired) electrons. The molecule has 1 aliphatic carbocycles. The maximum Gasteiger partial charge on any atom is 0.275 e. The molecule has 112 valence electrons. The van der Waals surface area contributed by atoms with Crippen molar-refractivity contribution < 1.29 is 9.90 Å². The third-order valence-corrected chi connectivity index (χ3v) is 4.49. The molecule has 6 nitrogen and oxygen atoms in total. The number of aliphatic hydroxyl groups excluding tert-OH is 1. The predicted molar refractivity (Wildman–Crippen MR) is 79.1 cm³/mol. The maximum absolute atomic E-state index is 12.2. The molecule has 1 unspecified atom stereocenters. The summed E-state index contributed by atoms with van der Waals surface area (Å²) in [4.78, 5) is 14.9. The number of aliphatic hydroxyl groups is 1. The highest BCUT2D eigenvalue weighted by Crippen LogP contribution is 2.32. The van der Waals surface area contributed by atoms with E-state index in [1.807, 2.05) is 17.5 Å². The Kier molecular flexibility index (Phi) is 4.03. The first-order valence-corrected chi connectivity index (χ1v) is 7.87. The molecule has 0 aliphatic heterocycles. The molecule has 2 heterocycles. The number of carbonyl (C=O) groups is 1. The fourth-order valence-corrected chi connectivity index (χ4v) is 2.92. The zero-order valence-electron chi connectivity index (χ0n) is 11.8. The zero-order valence-corrected chi connectivity index (χ0v) is 12.7. The standard InChI is InChI=1S/C14H18N4O2S/c1-17(9-13(19)10-4-5-10)14(20)12-8-18(16-15-12)7-11-3-2-6-21-11/h2-3,6,8,10,13,19H,4-5,7,9H2,1H3. The van der Waals surface area contributed by atoms with Crippen LogP contribution in [-0.2, 0) is 6.54 Å². The zero-order chi connectivity index (χ0) is 14.8. The second kappa shape index (κ2) is 5.95. The first kappa shape index (κ1) is 14.2. The van der Waals surface area contributed by atoms with Crippen LogP contribution in [0.4, 0.5) is 0 Å². The summed E-state index contributed by atoms with van der Waals surface area (Å²) in [5.41, 5.74) is 0.317. The van der Waals surface area contributed by atoms with Gasteiger partial charge in [-0.2, -0.15) is 0 Å². The van der Waals surface area contributed by atoms with Crippen molar-refractivity contribution in [1.82, 2.24) is 19.9 Å². The van der Waals surface area contributed by atoms with E-state index in [0.29, 0.717) is 24.7 Å². The van der Waals surface area contributed by atoms with Gasteiger partial charge in [-0.15, -0.1) is 16.4 Å². The van der Waals surface area contributed by atoms with Crippen molar-refractivity contribution in [2.24, 2.45) is 5.92 Å². The molecule has 1 fully saturated rings. The highest BCUT2D eigenvalue weighted by atomic mass is 32.1. The topological polar surface area (TPSA) is 71.2 Å². The van der Waals surface area contributed by atoms with E-state index >= 15 is 0 Å². The van der Waals surface area contributed by atoms with Crippen LogP contribution < -0.4 is 0 Å². The van der Waals surface area contributed by atoms with Gasteiger partial charge in [0.15, 0.2) is 5.69 Å². The lowest BCUT2D eigenvalue weighted by atomic mass is 10.2. The molecule has 21 heavy (non-hydrogen) atoms. The first-order chi connectivity index (χ1) is 10.1. The Morgan fingerprint density at radius 1 is 1.62 bits per heavy atom. The van der Waals surface area contributed by atoms with Crippen molar-refractivity contribution in [3.05, 3.63) is 34.3 Å². The molecule has 1 N–H and O–H groups in total. The Bertz CT molecular complexity index is 606. The Hall–Kier alpha value is -1.73. The van der Waals surface area contributed by atoms with Crippen LogP contribution in [0.2, 0.25) is 0 Å². The average Bonchev–Trinajstić information content (AvgIpc) is 3.01. The number of thiophene rings is 1. The maximum atomic E-state index is 12.2. The lowest BCUT2D eigenvalue weighted by Gasteiger charge is -2.19. The van der Waals surface area contributed by atoms with Gasteiger partial charge in [0.1, 0.15) is 0 Å². The van der Waals surface area contributed by atoms with Crippen molar-refractivity contribution in [2.45, 2.75) is 25.5 Å². The summed E-state index contributed by atoms with van der Waals surface area (Å²) in [6, 6.07) is 4.00. The van der Waals surface area contributed by atoms with Crippen LogP contribution in [0.25, 0.3) is 0 Å². The lowest BCUT2D eigenvalue weighted by molar-refractivity contribution is 0.0640. The quantitative estimate of drug-likeness (QED) is 0.871. The van der Waals surface area contributed by atoms with E-state index in [9.17, 15) is 9.90 Å².